The van der Waals surface area contributed by atoms with Gasteiger partial charge in [0.1, 0.15) is 6.07 Å². The minimum Gasteiger partial charge on any atom is -0.283 e. The quantitative estimate of drug-likeness (QED) is 0.444. The Morgan fingerprint density at radius 3 is 2.23 bits per heavy atom. The highest BCUT2D eigenvalue weighted by Gasteiger charge is 1.97. The van der Waals surface area contributed by atoms with Crippen LogP contribution in [0.1, 0.15) is 44.9 Å². The number of hydrogen-bond acceptors (Lipinski definition) is 3. The predicted octanol–water partition coefficient (Wildman–Crippen LogP) is 2.33. The third-order valence-corrected chi connectivity index (χ3v) is 1.82. The van der Waals surface area contributed by atoms with Crippen LogP contribution in [0.4, 0.5) is 0 Å². The lowest BCUT2D eigenvalue weighted by Gasteiger charge is -1.96. The fourth-order valence-corrected chi connectivity index (χ4v) is 1.08. The summed E-state index contributed by atoms with van der Waals surface area (Å²) in [6, 6.07) is 3.68. The van der Waals surface area contributed by atoms with Gasteiger partial charge in [0.15, 0.2) is 0 Å². The summed E-state index contributed by atoms with van der Waals surface area (Å²) in [4.78, 5) is 10.5. The summed E-state index contributed by atoms with van der Waals surface area (Å²) < 4.78 is 0. The molecule has 0 saturated carbocycles. The van der Waals surface area contributed by atoms with Gasteiger partial charge in [0, 0.05) is 12.8 Å². The zero-order valence-corrected chi connectivity index (χ0v) is 7.75. The number of nitrogens with zero attached hydrogens (tertiary/aromatic N) is 2. The zero-order chi connectivity index (χ0) is 9.94. The van der Waals surface area contributed by atoms with Crippen LogP contribution in [0.15, 0.2) is 0 Å². The van der Waals surface area contributed by atoms with Gasteiger partial charge in [-0.2, -0.15) is 10.5 Å². The number of ketones is 1. The minimum atomic E-state index is -0.322. The van der Waals surface area contributed by atoms with E-state index < -0.39 is 0 Å². The molecular weight excluding hydrogens is 164 g/mol. The molecule has 0 heterocycles. The molecule has 13 heavy (non-hydrogen) atoms. The van der Waals surface area contributed by atoms with Crippen molar-refractivity contribution in [1.29, 1.82) is 10.5 Å². The number of carbonyl (C=O) groups excluding carboxylic acids is 1. The lowest BCUT2D eigenvalue weighted by Crippen LogP contribution is -1.91. The fraction of sp³-hybridized carbons (Fsp3) is 0.700. The number of nitriles is 2. The Bertz CT molecular complexity index is 222. The van der Waals surface area contributed by atoms with E-state index in [0.29, 0.717) is 12.8 Å². The van der Waals surface area contributed by atoms with Gasteiger partial charge in [-0.3, -0.25) is 4.79 Å². The van der Waals surface area contributed by atoms with E-state index in [1.54, 1.807) is 6.07 Å². The van der Waals surface area contributed by atoms with Gasteiger partial charge in [0.25, 0.3) is 0 Å². The molecule has 0 amide bonds. The molecule has 0 aromatic rings. The van der Waals surface area contributed by atoms with E-state index in [1.165, 1.54) is 0 Å². The number of rotatable bonds is 7. The first-order chi connectivity index (χ1) is 6.31. The third-order valence-electron chi connectivity index (χ3n) is 1.82. The Morgan fingerprint density at radius 2 is 1.62 bits per heavy atom. The van der Waals surface area contributed by atoms with E-state index in [2.05, 4.69) is 6.07 Å². The summed E-state index contributed by atoms with van der Waals surface area (Å²) >= 11 is 0. The van der Waals surface area contributed by atoms with Crippen molar-refractivity contribution >= 4 is 5.78 Å². The highest BCUT2D eigenvalue weighted by Crippen LogP contribution is 2.06. The van der Waals surface area contributed by atoms with Crippen LogP contribution in [0.3, 0.4) is 0 Å². The van der Waals surface area contributed by atoms with Crippen LogP contribution in [0, 0.1) is 22.7 Å². The van der Waals surface area contributed by atoms with E-state index in [-0.39, 0.29) is 5.78 Å². The van der Waals surface area contributed by atoms with Gasteiger partial charge in [0.2, 0.25) is 5.78 Å². The Balaban J connectivity index is 3.06. The molecule has 70 valence electrons. The van der Waals surface area contributed by atoms with Gasteiger partial charge in [-0.1, -0.05) is 19.3 Å². The Labute approximate surface area is 79.0 Å². The predicted molar refractivity (Wildman–Crippen MR) is 48.6 cm³/mol. The summed E-state index contributed by atoms with van der Waals surface area (Å²) in [6.45, 7) is 0. The Hall–Kier alpha value is -1.35. The molecule has 0 spiro atoms. The van der Waals surface area contributed by atoms with Crippen molar-refractivity contribution in [3.8, 4) is 12.1 Å². The lowest BCUT2D eigenvalue weighted by molar-refractivity contribution is -0.114. The van der Waals surface area contributed by atoms with E-state index >= 15 is 0 Å². The first-order valence-corrected chi connectivity index (χ1v) is 4.61. The van der Waals surface area contributed by atoms with Crippen molar-refractivity contribution in [3.05, 3.63) is 0 Å². The van der Waals surface area contributed by atoms with E-state index in [1.807, 2.05) is 0 Å². The molecular formula is C10H14N2O. The van der Waals surface area contributed by atoms with Crippen molar-refractivity contribution in [3.63, 3.8) is 0 Å². The van der Waals surface area contributed by atoms with Crippen molar-refractivity contribution in [1.82, 2.24) is 0 Å². The van der Waals surface area contributed by atoms with E-state index in [4.69, 9.17) is 10.5 Å². The molecule has 0 rings (SSSR count). The molecule has 0 saturated heterocycles. The van der Waals surface area contributed by atoms with Crippen molar-refractivity contribution in [2.45, 2.75) is 44.9 Å². The molecule has 0 bridgehead atoms. The maximum Gasteiger partial charge on any atom is 0.231 e. The first kappa shape index (κ1) is 11.6. The van der Waals surface area contributed by atoms with Gasteiger partial charge < -0.3 is 0 Å². The maximum atomic E-state index is 10.5. The van der Waals surface area contributed by atoms with Gasteiger partial charge in [-0.25, -0.2) is 0 Å². The highest BCUT2D eigenvalue weighted by molar-refractivity contribution is 5.93. The van der Waals surface area contributed by atoms with E-state index in [0.717, 1.165) is 32.1 Å². The number of hydrogen-bond donors (Lipinski definition) is 0. The van der Waals surface area contributed by atoms with Crippen LogP contribution < -0.4 is 0 Å². The molecule has 0 aromatic carbocycles. The summed E-state index contributed by atoms with van der Waals surface area (Å²) in [7, 11) is 0. The summed E-state index contributed by atoms with van der Waals surface area (Å²) in [6.07, 6.45) is 5.85. The largest absolute Gasteiger partial charge is 0.283 e. The second-order valence-electron chi connectivity index (χ2n) is 2.96. The second kappa shape index (κ2) is 8.74. The van der Waals surface area contributed by atoms with Crippen LogP contribution in [0.25, 0.3) is 0 Å². The van der Waals surface area contributed by atoms with Crippen LogP contribution >= 0.6 is 0 Å². The monoisotopic (exact) mass is 178 g/mol. The van der Waals surface area contributed by atoms with Crippen molar-refractivity contribution in [2.75, 3.05) is 0 Å². The third kappa shape index (κ3) is 8.56. The fourth-order valence-electron chi connectivity index (χ4n) is 1.08. The number of carbonyl (C=O) groups is 1. The lowest BCUT2D eigenvalue weighted by atomic mass is 10.1. The topological polar surface area (TPSA) is 64.7 Å². The van der Waals surface area contributed by atoms with Gasteiger partial charge in [-0.15, -0.1) is 0 Å². The molecule has 0 aliphatic carbocycles. The molecule has 0 unspecified atom stereocenters. The molecule has 0 fully saturated rings. The molecule has 3 nitrogen and oxygen atoms in total. The van der Waals surface area contributed by atoms with Crippen LogP contribution in [-0.4, -0.2) is 5.78 Å². The average Bonchev–Trinajstić information content (AvgIpc) is 2.16. The molecule has 0 N–H and O–H groups in total. The van der Waals surface area contributed by atoms with Gasteiger partial charge in [-0.05, 0) is 12.8 Å². The summed E-state index contributed by atoms with van der Waals surface area (Å²) in [5.74, 6) is -0.322. The second-order valence-corrected chi connectivity index (χ2v) is 2.96. The molecule has 0 aliphatic rings. The smallest absolute Gasteiger partial charge is 0.231 e. The van der Waals surface area contributed by atoms with Crippen LogP contribution in [0.2, 0.25) is 0 Å². The minimum absolute atomic E-state index is 0.322. The van der Waals surface area contributed by atoms with Gasteiger partial charge in [0.05, 0.1) is 6.07 Å². The molecule has 0 atom stereocenters. The number of unbranched alkanes of at least 4 members (excludes halogenated alkanes) is 5. The Morgan fingerprint density at radius 1 is 1.00 bits per heavy atom. The molecule has 3 heteroatoms. The molecule has 0 radical (unpaired) electrons. The Kier molecular flexibility index (Phi) is 7.84. The zero-order valence-electron chi connectivity index (χ0n) is 7.75. The van der Waals surface area contributed by atoms with Gasteiger partial charge >= 0.3 is 0 Å². The molecule has 0 aliphatic heterocycles. The first-order valence-electron chi connectivity index (χ1n) is 4.61. The van der Waals surface area contributed by atoms with Crippen LogP contribution in [-0.2, 0) is 4.79 Å². The van der Waals surface area contributed by atoms with Crippen molar-refractivity contribution in [2.24, 2.45) is 0 Å². The average molecular weight is 178 g/mol. The highest BCUT2D eigenvalue weighted by atomic mass is 16.1. The standard InChI is InChI=1S/C10H14N2O/c11-8-6-4-2-1-3-5-7-10(13)9-12/h1-7H2. The normalized spacial score (nSPS) is 8.77. The summed E-state index contributed by atoms with van der Waals surface area (Å²) in [5, 5.41) is 16.4. The van der Waals surface area contributed by atoms with E-state index in [9.17, 15) is 4.79 Å². The van der Waals surface area contributed by atoms with Crippen molar-refractivity contribution < 1.29 is 4.79 Å². The SMILES string of the molecule is N#CCCCCCCCC(=O)C#N. The van der Waals surface area contributed by atoms with Crippen LogP contribution in [0.5, 0.6) is 0 Å². The number of Topliss-reactive ketones (excluding diaryl/α,β-unsaturated/α-hetero) is 1. The molecule has 0 aromatic heterocycles. The maximum absolute atomic E-state index is 10.5. The summed E-state index contributed by atoms with van der Waals surface area (Å²) in [5.41, 5.74) is 0.